The fourth-order valence-corrected chi connectivity index (χ4v) is 1.94. The summed E-state index contributed by atoms with van der Waals surface area (Å²) in [6.45, 7) is 11.2. The first kappa shape index (κ1) is 10.3. The maximum absolute atomic E-state index is 2.31. The molecular weight excluding hydrogens is 156 g/mol. The van der Waals surface area contributed by atoms with Crippen molar-refractivity contribution in [2.45, 2.75) is 47.0 Å². The average molecular weight is 176 g/mol. The topological polar surface area (TPSA) is 0 Å². The fourth-order valence-electron chi connectivity index (χ4n) is 1.94. The molecule has 1 aromatic rings. The molecule has 0 bridgehead atoms. The zero-order valence-corrected chi connectivity index (χ0v) is 9.44. The van der Waals surface area contributed by atoms with Crippen LogP contribution in [-0.2, 0) is 0 Å². The Bertz CT molecular complexity index is 297. The van der Waals surface area contributed by atoms with Crippen molar-refractivity contribution in [3.8, 4) is 0 Å². The van der Waals surface area contributed by atoms with Crippen molar-refractivity contribution >= 4 is 0 Å². The van der Waals surface area contributed by atoms with Gasteiger partial charge in [0.05, 0.1) is 0 Å². The molecule has 0 fully saturated rings. The van der Waals surface area contributed by atoms with Crippen LogP contribution < -0.4 is 0 Å². The molecule has 1 unspecified atom stereocenters. The van der Waals surface area contributed by atoms with Crippen LogP contribution in [0.15, 0.2) is 12.1 Å². The van der Waals surface area contributed by atoms with E-state index < -0.39 is 0 Å². The smallest absolute Gasteiger partial charge is 0.0188 e. The monoisotopic (exact) mass is 176 g/mol. The SMILES string of the molecule is CCC(C)c1c(C)ccc(C)c1C. The second-order valence-electron chi connectivity index (χ2n) is 4.05. The normalized spacial score (nSPS) is 13.0. The Kier molecular flexibility index (Phi) is 3.13. The summed E-state index contributed by atoms with van der Waals surface area (Å²) in [5.41, 5.74) is 5.90. The summed E-state index contributed by atoms with van der Waals surface area (Å²) in [6.07, 6.45) is 1.23. The standard InChI is InChI=1S/C13H20/c1-6-9(2)13-11(4)8-7-10(3)12(13)5/h7-9H,6H2,1-5H3. The molecular formula is C13H20. The first-order valence-electron chi connectivity index (χ1n) is 5.14. The predicted octanol–water partition coefficient (Wildman–Crippen LogP) is 4.13. The highest BCUT2D eigenvalue weighted by Gasteiger charge is 2.10. The first-order chi connectivity index (χ1) is 6.07. The van der Waals surface area contributed by atoms with Gasteiger partial charge in [0.15, 0.2) is 0 Å². The highest BCUT2D eigenvalue weighted by atomic mass is 14.1. The van der Waals surface area contributed by atoms with Crippen LogP contribution in [0.3, 0.4) is 0 Å². The van der Waals surface area contributed by atoms with Crippen LogP contribution in [0.5, 0.6) is 0 Å². The lowest BCUT2D eigenvalue weighted by atomic mass is 9.88. The van der Waals surface area contributed by atoms with E-state index in [1.165, 1.54) is 23.1 Å². The second-order valence-corrected chi connectivity index (χ2v) is 4.05. The van der Waals surface area contributed by atoms with Crippen LogP contribution in [-0.4, -0.2) is 0 Å². The van der Waals surface area contributed by atoms with Crippen molar-refractivity contribution in [3.63, 3.8) is 0 Å². The summed E-state index contributed by atoms with van der Waals surface area (Å²) < 4.78 is 0. The van der Waals surface area contributed by atoms with Gasteiger partial charge in [-0.1, -0.05) is 26.0 Å². The van der Waals surface area contributed by atoms with Crippen molar-refractivity contribution < 1.29 is 0 Å². The van der Waals surface area contributed by atoms with Gasteiger partial charge < -0.3 is 0 Å². The van der Waals surface area contributed by atoms with E-state index in [-0.39, 0.29) is 0 Å². The molecule has 0 nitrogen and oxygen atoms in total. The van der Waals surface area contributed by atoms with E-state index in [1.807, 2.05) is 0 Å². The van der Waals surface area contributed by atoms with Crippen molar-refractivity contribution in [1.29, 1.82) is 0 Å². The molecule has 1 rings (SSSR count). The fraction of sp³-hybridized carbons (Fsp3) is 0.538. The Morgan fingerprint density at radius 1 is 1.08 bits per heavy atom. The van der Waals surface area contributed by atoms with E-state index in [4.69, 9.17) is 0 Å². The van der Waals surface area contributed by atoms with Crippen LogP contribution >= 0.6 is 0 Å². The molecule has 0 spiro atoms. The summed E-state index contributed by atoms with van der Waals surface area (Å²) in [7, 11) is 0. The number of benzene rings is 1. The molecule has 0 N–H and O–H groups in total. The van der Waals surface area contributed by atoms with E-state index in [0.29, 0.717) is 5.92 Å². The van der Waals surface area contributed by atoms with Crippen molar-refractivity contribution in [1.82, 2.24) is 0 Å². The van der Waals surface area contributed by atoms with Crippen LogP contribution in [0, 0.1) is 20.8 Å². The molecule has 0 aliphatic carbocycles. The van der Waals surface area contributed by atoms with Crippen molar-refractivity contribution in [3.05, 3.63) is 34.4 Å². The maximum atomic E-state index is 2.31. The Hall–Kier alpha value is -0.780. The average Bonchev–Trinajstić information content (AvgIpc) is 2.12. The summed E-state index contributed by atoms with van der Waals surface area (Å²) in [4.78, 5) is 0. The first-order valence-corrected chi connectivity index (χ1v) is 5.14. The van der Waals surface area contributed by atoms with Crippen LogP contribution in [0.25, 0.3) is 0 Å². The lowest BCUT2D eigenvalue weighted by molar-refractivity contribution is 0.721. The third kappa shape index (κ3) is 1.93. The van der Waals surface area contributed by atoms with Gasteiger partial charge in [0.2, 0.25) is 0 Å². The highest BCUT2D eigenvalue weighted by molar-refractivity contribution is 5.41. The Morgan fingerprint density at radius 3 is 2.15 bits per heavy atom. The third-order valence-corrected chi connectivity index (χ3v) is 3.11. The molecule has 0 aliphatic rings. The van der Waals surface area contributed by atoms with Crippen molar-refractivity contribution in [2.24, 2.45) is 0 Å². The highest BCUT2D eigenvalue weighted by Crippen LogP contribution is 2.27. The van der Waals surface area contributed by atoms with E-state index in [9.17, 15) is 0 Å². The van der Waals surface area contributed by atoms with E-state index in [2.05, 4.69) is 46.8 Å². The number of rotatable bonds is 2. The zero-order valence-electron chi connectivity index (χ0n) is 9.44. The zero-order chi connectivity index (χ0) is 10.0. The van der Waals surface area contributed by atoms with Crippen LogP contribution in [0.2, 0.25) is 0 Å². The second kappa shape index (κ2) is 3.95. The summed E-state index contributed by atoms with van der Waals surface area (Å²) in [5, 5.41) is 0. The van der Waals surface area contributed by atoms with Crippen molar-refractivity contribution in [2.75, 3.05) is 0 Å². The lowest BCUT2D eigenvalue weighted by Crippen LogP contribution is -2.00. The van der Waals surface area contributed by atoms with E-state index in [0.717, 1.165) is 0 Å². The molecule has 0 amide bonds. The summed E-state index contributed by atoms with van der Waals surface area (Å²) in [5.74, 6) is 0.694. The predicted molar refractivity (Wildman–Crippen MR) is 59.4 cm³/mol. The van der Waals surface area contributed by atoms with Crippen LogP contribution in [0.4, 0.5) is 0 Å². The van der Waals surface area contributed by atoms with Gasteiger partial charge in [-0.2, -0.15) is 0 Å². The van der Waals surface area contributed by atoms with Gasteiger partial charge in [-0.25, -0.2) is 0 Å². The van der Waals surface area contributed by atoms with Gasteiger partial charge >= 0.3 is 0 Å². The molecule has 1 atom stereocenters. The van der Waals surface area contributed by atoms with Gasteiger partial charge in [0.25, 0.3) is 0 Å². The minimum absolute atomic E-state index is 0.694. The minimum Gasteiger partial charge on any atom is -0.0648 e. The number of hydrogen-bond donors (Lipinski definition) is 0. The summed E-state index contributed by atoms with van der Waals surface area (Å²) >= 11 is 0. The van der Waals surface area contributed by atoms with Gasteiger partial charge in [-0.05, 0) is 55.4 Å². The molecule has 72 valence electrons. The maximum Gasteiger partial charge on any atom is -0.0188 e. The molecule has 0 radical (unpaired) electrons. The minimum atomic E-state index is 0.694. The Morgan fingerprint density at radius 2 is 1.62 bits per heavy atom. The molecule has 0 heteroatoms. The Balaban J connectivity index is 3.25. The Labute approximate surface area is 82.0 Å². The lowest BCUT2D eigenvalue weighted by Gasteiger charge is -2.17. The summed E-state index contributed by atoms with van der Waals surface area (Å²) in [6, 6.07) is 4.46. The third-order valence-electron chi connectivity index (χ3n) is 3.11. The van der Waals surface area contributed by atoms with Gasteiger partial charge in [0.1, 0.15) is 0 Å². The van der Waals surface area contributed by atoms with E-state index in [1.54, 1.807) is 5.56 Å². The molecule has 13 heavy (non-hydrogen) atoms. The van der Waals surface area contributed by atoms with Gasteiger partial charge in [0, 0.05) is 0 Å². The van der Waals surface area contributed by atoms with E-state index >= 15 is 0 Å². The number of hydrogen-bond acceptors (Lipinski definition) is 0. The largest absolute Gasteiger partial charge is 0.0648 e. The molecule has 0 saturated heterocycles. The number of aryl methyl sites for hydroxylation is 2. The molecule has 0 aliphatic heterocycles. The molecule has 0 aromatic heterocycles. The van der Waals surface area contributed by atoms with Crippen LogP contribution in [0.1, 0.15) is 48.4 Å². The quantitative estimate of drug-likeness (QED) is 0.635. The van der Waals surface area contributed by atoms with Gasteiger partial charge in [-0.3, -0.25) is 0 Å². The molecule has 0 saturated carbocycles. The van der Waals surface area contributed by atoms with Gasteiger partial charge in [-0.15, -0.1) is 0 Å². The molecule has 1 aromatic carbocycles. The molecule has 0 heterocycles.